The first-order chi connectivity index (χ1) is 5.24. The van der Waals surface area contributed by atoms with Gasteiger partial charge in [-0.2, -0.15) is 0 Å². The van der Waals surface area contributed by atoms with Crippen molar-refractivity contribution in [2.75, 3.05) is 19.0 Å². The molecule has 1 aromatic rings. The predicted molar refractivity (Wildman–Crippen MR) is 48.0 cm³/mol. The van der Waals surface area contributed by atoms with Crippen molar-refractivity contribution < 1.29 is 4.57 Å². The molecule has 3 heteroatoms. The van der Waals surface area contributed by atoms with Crippen molar-refractivity contribution in [1.82, 2.24) is 0 Å². The molecule has 1 aromatic carbocycles. The van der Waals surface area contributed by atoms with E-state index in [0.29, 0.717) is 0 Å². The number of anilines is 1. The minimum absolute atomic E-state index is 0.0861. The van der Waals surface area contributed by atoms with Crippen molar-refractivity contribution in [3.05, 3.63) is 24.3 Å². The third-order valence-corrected chi connectivity index (χ3v) is 1.98. The smallest absolute Gasteiger partial charge is 0.192 e. The highest BCUT2D eigenvalue weighted by molar-refractivity contribution is 7.34. The number of rotatable bonds is 2. The van der Waals surface area contributed by atoms with E-state index in [1.54, 1.807) is 0 Å². The van der Waals surface area contributed by atoms with Crippen molar-refractivity contribution in [2.45, 2.75) is 0 Å². The van der Waals surface area contributed by atoms with Crippen LogP contribution in [0.1, 0.15) is 0 Å². The molecule has 0 saturated carbocycles. The Kier molecular flexibility index (Phi) is 2.61. The SMILES string of the molecule is CN(C)c1ccc(P=O)cc1. The quantitative estimate of drug-likeness (QED) is 0.624. The summed E-state index contributed by atoms with van der Waals surface area (Å²) in [6.07, 6.45) is 0. The molecule has 0 spiro atoms. The summed E-state index contributed by atoms with van der Waals surface area (Å²) in [4.78, 5) is 2.01. The number of nitrogens with zero attached hydrogens (tertiary/aromatic N) is 1. The Labute approximate surface area is 68.0 Å². The minimum atomic E-state index is 0.0861. The highest BCUT2D eigenvalue weighted by Crippen LogP contribution is 2.09. The first-order valence-electron chi connectivity index (χ1n) is 3.35. The van der Waals surface area contributed by atoms with Gasteiger partial charge >= 0.3 is 0 Å². The maximum Gasteiger partial charge on any atom is 0.192 e. The van der Waals surface area contributed by atoms with Crippen LogP contribution in [0.3, 0.4) is 0 Å². The fourth-order valence-corrected chi connectivity index (χ4v) is 1.08. The second-order valence-electron chi connectivity index (χ2n) is 2.50. The van der Waals surface area contributed by atoms with E-state index >= 15 is 0 Å². The average Bonchev–Trinajstić information content (AvgIpc) is 2.05. The van der Waals surface area contributed by atoms with E-state index in [-0.39, 0.29) is 8.46 Å². The Bertz CT molecular complexity index is 243. The molecule has 0 aliphatic carbocycles. The molecule has 11 heavy (non-hydrogen) atoms. The molecule has 0 aromatic heterocycles. The predicted octanol–water partition coefficient (Wildman–Crippen LogP) is 1.67. The molecule has 0 fully saturated rings. The van der Waals surface area contributed by atoms with Gasteiger partial charge in [-0.3, -0.25) is 4.57 Å². The van der Waals surface area contributed by atoms with Gasteiger partial charge in [-0.1, -0.05) is 0 Å². The van der Waals surface area contributed by atoms with Gasteiger partial charge in [-0.15, -0.1) is 0 Å². The van der Waals surface area contributed by atoms with E-state index in [0.717, 1.165) is 11.0 Å². The van der Waals surface area contributed by atoms with Crippen LogP contribution in [0.4, 0.5) is 5.69 Å². The van der Waals surface area contributed by atoms with Gasteiger partial charge in [-0.25, -0.2) is 0 Å². The summed E-state index contributed by atoms with van der Waals surface area (Å²) in [7, 11) is 4.04. The van der Waals surface area contributed by atoms with Crippen molar-refractivity contribution in [3.8, 4) is 0 Å². The summed E-state index contributed by atoms with van der Waals surface area (Å²) < 4.78 is 10.4. The fourth-order valence-electron chi connectivity index (χ4n) is 0.812. The lowest BCUT2D eigenvalue weighted by molar-refractivity contribution is 0.603. The Morgan fingerprint density at radius 1 is 1.18 bits per heavy atom. The molecule has 0 unspecified atom stereocenters. The Morgan fingerprint density at radius 2 is 1.73 bits per heavy atom. The zero-order chi connectivity index (χ0) is 8.27. The van der Waals surface area contributed by atoms with E-state index in [1.165, 1.54) is 0 Å². The monoisotopic (exact) mass is 167 g/mol. The molecule has 0 saturated heterocycles. The van der Waals surface area contributed by atoms with Crippen molar-refractivity contribution in [2.24, 2.45) is 0 Å². The normalized spacial score (nSPS) is 10.0. The van der Waals surface area contributed by atoms with Crippen LogP contribution in [0.15, 0.2) is 24.3 Å². The molecule has 0 aliphatic heterocycles. The third-order valence-electron chi connectivity index (χ3n) is 1.47. The van der Waals surface area contributed by atoms with Crippen LogP contribution in [-0.4, -0.2) is 14.1 Å². The summed E-state index contributed by atoms with van der Waals surface area (Å²) >= 11 is 0. The molecule has 0 N–H and O–H groups in total. The van der Waals surface area contributed by atoms with Gasteiger partial charge < -0.3 is 4.90 Å². The van der Waals surface area contributed by atoms with Crippen LogP contribution in [0.2, 0.25) is 0 Å². The minimum Gasteiger partial charge on any atom is -0.378 e. The molecular formula is C8H10NOP. The maximum atomic E-state index is 10.4. The molecule has 0 heterocycles. The van der Waals surface area contributed by atoms with E-state index in [9.17, 15) is 4.57 Å². The summed E-state index contributed by atoms with van der Waals surface area (Å²) in [5, 5.41) is 0.815. The molecular weight excluding hydrogens is 157 g/mol. The Morgan fingerprint density at radius 3 is 2.09 bits per heavy atom. The summed E-state index contributed by atoms with van der Waals surface area (Å²) in [5.41, 5.74) is 1.12. The van der Waals surface area contributed by atoms with Crippen molar-refractivity contribution >= 4 is 19.5 Å². The van der Waals surface area contributed by atoms with E-state index < -0.39 is 0 Å². The van der Waals surface area contributed by atoms with Gasteiger partial charge in [0.25, 0.3) is 0 Å². The lowest BCUT2D eigenvalue weighted by Gasteiger charge is -2.11. The Hall–Kier alpha value is -0.880. The van der Waals surface area contributed by atoms with E-state index in [2.05, 4.69) is 0 Å². The van der Waals surface area contributed by atoms with Crippen LogP contribution >= 0.6 is 8.46 Å². The second-order valence-corrected chi connectivity index (χ2v) is 3.20. The van der Waals surface area contributed by atoms with Crippen molar-refractivity contribution in [1.29, 1.82) is 0 Å². The van der Waals surface area contributed by atoms with Gasteiger partial charge in [0.05, 0.1) is 0 Å². The van der Waals surface area contributed by atoms with Crippen LogP contribution in [0.25, 0.3) is 0 Å². The lowest BCUT2D eigenvalue weighted by atomic mass is 10.3. The van der Waals surface area contributed by atoms with Gasteiger partial charge in [0, 0.05) is 25.1 Å². The lowest BCUT2D eigenvalue weighted by Crippen LogP contribution is -2.08. The zero-order valence-electron chi connectivity index (χ0n) is 6.61. The molecule has 2 nitrogen and oxygen atoms in total. The highest BCUT2D eigenvalue weighted by atomic mass is 31.1. The molecule has 58 valence electrons. The maximum absolute atomic E-state index is 10.4. The molecule has 0 amide bonds. The third kappa shape index (κ3) is 2.02. The van der Waals surface area contributed by atoms with Gasteiger partial charge in [0.2, 0.25) is 0 Å². The first-order valence-corrected chi connectivity index (χ1v) is 4.16. The van der Waals surface area contributed by atoms with E-state index in [1.807, 2.05) is 43.3 Å². The first kappa shape index (κ1) is 8.22. The van der Waals surface area contributed by atoms with Crippen LogP contribution in [0, 0.1) is 0 Å². The molecule has 0 bridgehead atoms. The summed E-state index contributed by atoms with van der Waals surface area (Å²) in [5.74, 6) is 0. The molecule has 0 radical (unpaired) electrons. The largest absolute Gasteiger partial charge is 0.378 e. The van der Waals surface area contributed by atoms with Crippen LogP contribution in [0.5, 0.6) is 0 Å². The standard InChI is InChI=1S/C8H10NOP/c1-9(2)7-3-5-8(11-10)6-4-7/h3-6H,1-2H3. The number of benzene rings is 1. The highest BCUT2D eigenvalue weighted by Gasteiger charge is 1.93. The van der Waals surface area contributed by atoms with Crippen LogP contribution < -0.4 is 10.2 Å². The van der Waals surface area contributed by atoms with Gasteiger partial charge in [0.15, 0.2) is 8.46 Å². The topological polar surface area (TPSA) is 20.3 Å². The summed E-state index contributed by atoms with van der Waals surface area (Å²) in [6, 6.07) is 7.59. The second kappa shape index (κ2) is 3.49. The van der Waals surface area contributed by atoms with Gasteiger partial charge in [0.1, 0.15) is 0 Å². The Balaban J connectivity index is 2.91. The number of hydrogen-bond donors (Lipinski definition) is 0. The average molecular weight is 167 g/mol. The van der Waals surface area contributed by atoms with Crippen LogP contribution in [-0.2, 0) is 4.57 Å². The molecule has 0 atom stereocenters. The van der Waals surface area contributed by atoms with Crippen molar-refractivity contribution in [3.63, 3.8) is 0 Å². The number of hydrogen-bond acceptors (Lipinski definition) is 2. The molecule has 0 aliphatic rings. The molecule has 1 rings (SSSR count). The fraction of sp³-hybridized carbons (Fsp3) is 0.250. The zero-order valence-corrected chi connectivity index (χ0v) is 7.51. The van der Waals surface area contributed by atoms with E-state index in [4.69, 9.17) is 0 Å². The van der Waals surface area contributed by atoms with Gasteiger partial charge in [-0.05, 0) is 24.3 Å². The summed E-state index contributed by atoms with van der Waals surface area (Å²) in [6.45, 7) is 0.